The van der Waals surface area contributed by atoms with Crippen LogP contribution in [-0.4, -0.2) is 44.7 Å². The van der Waals surface area contributed by atoms with Crippen molar-refractivity contribution in [1.29, 1.82) is 0 Å². The van der Waals surface area contributed by atoms with Gasteiger partial charge < -0.3 is 23.8 Å². The third-order valence-electron chi connectivity index (χ3n) is 7.62. The Balaban J connectivity index is 1.56. The highest BCUT2D eigenvalue weighted by Crippen LogP contribution is 2.52. The van der Waals surface area contributed by atoms with E-state index in [9.17, 15) is 4.79 Å². The van der Waals surface area contributed by atoms with E-state index < -0.39 is 0 Å². The predicted molar refractivity (Wildman–Crippen MR) is 141 cm³/mol. The molecule has 0 saturated carbocycles. The summed E-state index contributed by atoms with van der Waals surface area (Å²) in [5.74, 6) is 2.93. The number of methoxy groups -OCH3 is 2. The molecule has 4 aliphatic rings. The molecule has 6 nitrogen and oxygen atoms in total. The van der Waals surface area contributed by atoms with Crippen molar-refractivity contribution in [3.63, 3.8) is 0 Å². The highest BCUT2D eigenvalue weighted by Gasteiger charge is 2.43. The van der Waals surface area contributed by atoms with E-state index in [0.29, 0.717) is 31.1 Å². The van der Waals surface area contributed by atoms with Crippen LogP contribution in [-0.2, 0) is 11.2 Å². The monoisotopic (exact) mass is 551 g/mol. The molecule has 0 fully saturated rings. The molecule has 7 heteroatoms. The van der Waals surface area contributed by atoms with E-state index in [-0.39, 0.29) is 17.1 Å². The molecule has 36 heavy (non-hydrogen) atoms. The Morgan fingerprint density at radius 2 is 1.78 bits per heavy atom. The lowest BCUT2D eigenvalue weighted by Gasteiger charge is -2.46. The van der Waals surface area contributed by atoms with Gasteiger partial charge in [-0.05, 0) is 75.7 Å². The van der Waals surface area contributed by atoms with Crippen molar-refractivity contribution in [3.05, 3.63) is 62.8 Å². The number of carbonyl (C=O) groups is 1. The fraction of sp³-hybridized carbons (Fsp3) is 0.414. The summed E-state index contributed by atoms with van der Waals surface area (Å²) in [6, 6.07) is 8.26. The Morgan fingerprint density at radius 1 is 1.03 bits per heavy atom. The van der Waals surface area contributed by atoms with Crippen LogP contribution in [0, 0.1) is 5.41 Å². The van der Waals surface area contributed by atoms with E-state index in [1.807, 2.05) is 6.07 Å². The number of nitrogens with zero attached hydrogens (tertiary/aromatic N) is 1. The maximum Gasteiger partial charge on any atom is 0.175 e. The fourth-order valence-electron chi connectivity index (χ4n) is 6.03. The number of hydrogen-bond donors (Lipinski definition) is 0. The molecule has 0 saturated heterocycles. The molecule has 6 rings (SSSR count). The second-order valence-electron chi connectivity index (χ2n) is 10.6. The molecule has 0 amide bonds. The van der Waals surface area contributed by atoms with E-state index in [1.54, 1.807) is 14.2 Å². The number of benzene rings is 2. The molecule has 0 aromatic heterocycles. The summed E-state index contributed by atoms with van der Waals surface area (Å²) in [6.07, 6.45) is 4.53. The molecule has 2 aromatic carbocycles. The first-order valence-electron chi connectivity index (χ1n) is 12.4. The van der Waals surface area contributed by atoms with Crippen molar-refractivity contribution in [3.8, 4) is 23.0 Å². The second kappa shape index (κ2) is 8.58. The molecular formula is C29H30BrNO5. The van der Waals surface area contributed by atoms with E-state index in [1.165, 1.54) is 5.56 Å². The van der Waals surface area contributed by atoms with E-state index in [4.69, 9.17) is 18.9 Å². The Hall–Kier alpha value is -2.93. The number of hydrogen-bond acceptors (Lipinski definition) is 6. The number of ether oxygens (including phenoxy) is 4. The molecule has 0 N–H and O–H groups in total. The summed E-state index contributed by atoms with van der Waals surface area (Å²) in [5.41, 5.74) is 6.46. The third-order valence-corrected chi connectivity index (χ3v) is 8.21. The predicted octanol–water partition coefficient (Wildman–Crippen LogP) is 5.88. The van der Waals surface area contributed by atoms with Crippen LogP contribution >= 0.6 is 15.9 Å². The molecule has 0 spiro atoms. The van der Waals surface area contributed by atoms with Crippen molar-refractivity contribution >= 4 is 27.4 Å². The summed E-state index contributed by atoms with van der Waals surface area (Å²) in [5, 5.41) is 0. The first-order valence-corrected chi connectivity index (χ1v) is 13.2. The molecule has 188 valence electrons. The van der Waals surface area contributed by atoms with E-state index >= 15 is 0 Å². The van der Waals surface area contributed by atoms with Gasteiger partial charge in [-0.3, -0.25) is 4.79 Å². The van der Waals surface area contributed by atoms with Gasteiger partial charge in [0.15, 0.2) is 28.8 Å². The van der Waals surface area contributed by atoms with Gasteiger partial charge in [0, 0.05) is 41.4 Å². The van der Waals surface area contributed by atoms with Gasteiger partial charge in [0.2, 0.25) is 0 Å². The molecule has 1 aliphatic carbocycles. The van der Waals surface area contributed by atoms with Crippen LogP contribution in [0.5, 0.6) is 23.0 Å². The molecule has 0 unspecified atom stereocenters. The minimum atomic E-state index is -0.180. The molecule has 0 radical (unpaired) electrons. The Kier molecular flexibility index (Phi) is 5.59. The molecule has 2 aromatic rings. The Labute approximate surface area is 220 Å². The number of Topliss-reactive ketones (excluding diaryl/α,β-unsaturated/α-hetero) is 1. The van der Waals surface area contributed by atoms with E-state index in [2.05, 4.69) is 59.0 Å². The maximum atomic E-state index is 13.7. The first kappa shape index (κ1) is 23.5. The van der Waals surface area contributed by atoms with Crippen LogP contribution < -0.4 is 18.9 Å². The summed E-state index contributed by atoms with van der Waals surface area (Å²) in [7, 11) is 3.33. The molecule has 3 heterocycles. The van der Waals surface area contributed by atoms with E-state index in [0.717, 1.165) is 63.5 Å². The number of ketones is 1. The van der Waals surface area contributed by atoms with Gasteiger partial charge in [0.05, 0.1) is 18.7 Å². The van der Waals surface area contributed by atoms with Gasteiger partial charge in [-0.2, -0.15) is 0 Å². The lowest BCUT2D eigenvalue weighted by molar-refractivity contribution is -0.118. The first-order chi connectivity index (χ1) is 17.3. The number of carbonyl (C=O) groups excluding carboxylic acids is 1. The van der Waals surface area contributed by atoms with Gasteiger partial charge in [-0.15, -0.1) is 0 Å². The van der Waals surface area contributed by atoms with Gasteiger partial charge in [0.25, 0.3) is 0 Å². The zero-order chi connectivity index (χ0) is 25.2. The van der Waals surface area contributed by atoms with Gasteiger partial charge >= 0.3 is 0 Å². The lowest BCUT2D eigenvalue weighted by atomic mass is 9.69. The van der Waals surface area contributed by atoms with Crippen LogP contribution in [0.15, 0.2) is 46.1 Å². The molecular weight excluding hydrogens is 522 g/mol. The summed E-state index contributed by atoms with van der Waals surface area (Å²) >= 11 is 3.68. The van der Waals surface area contributed by atoms with Crippen molar-refractivity contribution in [2.24, 2.45) is 5.41 Å². The largest absolute Gasteiger partial charge is 0.493 e. The standard InChI is InChI=1S/C29H30BrNO5/c1-29(2)14-22-27(23(32)15-29)19(17-9-20(30)28-26(11-17)35-7-8-36-28)12-21-18-13-25(34-4)24(33-3)10-16(18)5-6-31(21)22/h9-13,19H,5-8,14-15H2,1-4H3/t19-/m1/s1. The molecule has 0 bridgehead atoms. The highest BCUT2D eigenvalue weighted by molar-refractivity contribution is 9.10. The average molecular weight is 552 g/mol. The second-order valence-corrected chi connectivity index (χ2v) is 11.5. The van der Waals surface area contributed by atoms with Crippen LogP contribution in [0.3, 0.4) is 0 Å². The summed E-state index contributed by atoms with van der Waals surface area (Å²) in [6.45, 7) is 6.24. The zero-order valence-electron chi connectivity index (χ0n) is 21.1. The van der Waals surface area contributed by atoms with Gasteiger partial charge in [-0.1, -0.05) is 13.8 Å². The SMILES string of the molecule is COc1cc2c(cc1OC)C1=C[C@H](c3cc(Br)c4c(c3)OCCO4)C3=C(CC(C)(C)CC3=O)N1CC2. The van der Waals surface area contributed by atoms with Crippen molar-refractivity contribution in [2.75, 3.05) is 34.0 Å². The zero-order valence-corrected chi connectivity index (χ0v) is 22.7. The Morgan fingerprint density at radius 3 is 2.56 bits per heavy atom. The van der Waals surface area contributed by atoms with Gasteiger partial charge in [-0.25, -0.2) is 0 Å². The number of halogens is 1. The van der Waals surface area contributed by atoms with Crippen molar-refractivity contribution in [1.82, 2.24) is 4.90 Å². The van der Waals surface area contributed by atoms with Crippen LogP contribution in [0.2, 0.25) is 0 Å². The van der Waals surface area contributed by atoms with Crippen LogP contribution in [0.25, 0.3) is 5.70 Å². The topological polar surface area (TPSA) is 57.2 Å². The third kappa shape index (κ3) is 3.71. The Bertz CT molecular complexity index is 1340. The minimum absolute atomic E-state index is 0.0891. The molecule has 1 atom stereocenters. The number of fused-ring (bicyclic) bond motifs is 5. The lowest BCUT2D eigenvalue weighted by Crippen LogP contribution is -2.40. The average Bonchev–Trinajstić information content (AvgIpc) is 2.86. The van der Waals surface area contributed by atoms with Crippen molar-refractivity contribution in [2.45, 2.75) is 39.0 Å². The van der Waals surface area contributed by atoms with Crippen LogP contribution in [0.4, 0.5) is 0 Å². The normalized spacial score (nSPS) is 21.8. The highest BCUT2D eigenvalue weighted by atomic mass is 79.9. The van der Waals surface area contributed by atoms with Gasteiger partial charge in [0.1, 0.15) is 13.2 Å². The smallest absolute Gasteiger partial charge is 0.175 e. The number of rotatable bonds is 3. The van der Waals surface area contributed by atoms with Crippen molar-refractivity contribution < 1.29 is 23.7 Å². The molecule has 3 aliphatic heterocycles. The number of allylic oxidation sites excluding steroid dienone is 3. The fourth-order valence-corrected chi connectivity index (χ4v) is 6.61. The quantitative estimate of drug-likeness (QED) is 0.475. The minimum Gasteiger partial charge on any atom is -0.493 e. The summed E-state index contributed by atoms with van der Waals surface area (Å²) in [4.78, 5) is 16.1. The van der Waals surface area contributed by atoms with Crippen LogP contribution in [0.1, 0.15) is 49.3 Å². The summed E-state index contributed by atoms with van der Waals surface area (Å²) < 4.78 is 23.8. The maximum absolute atomic E-state index is 13.7.